The summed E-state index contributed by atoms with van der Waals surface area (Å²) >= 11 is 0. The minimum Gasteiger partial charge on any atom is -0.462 e. The smallest absolute Gasteiger partial charge is 0.306 e. The summed E-state index contributed by atoms with van der Waals surface area (Å²) in [5.74, 6) is -0.944. The van der Waals surface area contributed by atoms with Gasteiger partial charge in [-0.05, 0) is 96.3 Å². The maximum atomic E-state index is 12.9. The lowest BCUT2D eigenvalue weighted by atomic mass is 10.0. The summed E-state index contributed by atoms with van der Waals surface area (Å²) in [7, 11) is 0. The number of carbonyl (C=O) groups excluding carboxylic acids is 3. The fourth-order valence-corrected chi connectivity index (χ4v) is 8.54. The molecule has 0 fully saturated rings. The van der Waals surface area contributed by atoms with Gasteiger partial charge in [0.15, 0.2) is 6.10 Å². The molecule has 0 N–H and O–H groups in total. The van der Waals surface area contributed by atoms with Crippen LogP contribution < -0.4 is 0 Å². The van der Waals surface area contributed by atoms with Gasteiger partial charge in [-0.25, -0.2) is 0 Å². The molecular weight excluding hydrogens is 901 g/mol. The number of ether oxygens (including phenoxy) is 3. The largest absolute Gasteiger partial charge is 0.462 e. The molecule has 73 heavy (non-hydrogen) atoms. The minimum absolute atomic E-state index is 0.0950. The molecule has 6 nitrogen and oxygen atoms in total. The van der Waals surface area contributed by atoms with Gasteiger partial charge in [0.25, 0.3) is 0 Å². The van der Waals surface area contributed by atoms with Gasteiger partial charge in [0.1, 0.15) is 13.2 Å². The Morgan fingerprint density at radius 1 is 0.288 bits per heavy atom. The van der Waals surface area contributed by atoms with E-state index < -0.39 is 6.10 Å². The first kappa shape index (κ1) is 69.3. The highest BCUT2D eigenvalue weighted by molar-refractivity contribution is 5.71. The average Bonchev–Trinajstić information content (AvgIpc) is 3.39. The van der Waals surface area contributed by atoms with Gasteiger partial charge in [0.05, 0.1) is 0 Å². The molecule has 0 aromatic heterocycles. The van der Waals surface area contributed by atoms with E-state index in [0.717, 1.165) is 122 Å². The maximum Gasteiger partial charge on any atom is 0.306 e. The van der Waals surface area contributed by atoms with Crippen LogP contribution in [0, 0.1) is 0 Å². The van der Waals surface area contributed by atoms with E-state index in [0.29, 0.717) is 19.3 Å². The van der Waals surface area contributed by atoms with Crippen molar-refractivity contribution in [1.29, 1.82) is 0 Å². The number of esters is 3. The SMILES string of the molecule is CC/C=C\C/C=C\C/C=C\C/C=C\CCCCCCCCC(=O)OC(COC(=O)CCCC/C=C\C/C=C\C/C=C\C/C=C\CC)COC(=O)CCCCCCCCCCCCCCCCCCCCCCC. The molecule has 0 aromatic rings. The Kier molecular flexibility index (Phi) is 57.8. The third kappa shape index (κ3) is 59.1. The molecular formula is C67H114O6. The number of hydrogen-bond acceptors (Lipinski definition) is 6. The average molecular weight is 1020 g/mol. The minimum atomic E-state index is -0.803. The van der Waals surface area contributed by atoms with Crippen LogP contribution in [0.25, 0.3) is 0 Å². The van der Waals surface area contributed by atoms with Crippen LogP contribution in [0.4, 0.5) is 0 Å². The van der Waals surface area contributed by atoms with Crippen LogP contribution in [-0.4, -0.2) is 37.2 Å². The number of hydrogen-bond donors (Lipinski definition) is 0. The Hall–Kier alpha value is -3.67. The lowest BCUT2D eigenvalue weighted by molar-refractivity contribution is -0.167. The van der Waals surface area contributed by atoms with Crippen molar-refractivity contribution in [2.45, 2.75) is 297 Å². The first-order valence-corrected chi connectivity index (χ1v) is 30.7. The molecule has 1 atom stereocenters. The summed E-state index contributed by atoms with van der Waals surface area (Å²) in [6.45, 7) is 6.39. The summed E-state index contributed by atoms with van der Waals surface area (Å²) in [6.07, 6.45) is 81.3. The summed E-state index contributed by atoms with van der Waals surface area (Å²) < 4.78 is 16.9. The molecule has 0 bridgehead atoms. The fourth-order valence-electron chi connectivity index (χ4n) is 8.54. The molecule has 0 aliphatic rings. The topological polar surface area (TPSA) is 78.9 Å². The van der Waals surface area contributed by atoms with E-state index in [2.05, 4.69) is 118 Å². The van der Waals surface area contributed by atoms with Crippen molar-refractivity contribution in [3.8, 4) is 0 Å². The Morgan fingerprint density at radius 3 is 0.863 bits per heavy atom. The van der Waals surface area contributed by atoms with E-state index in [9.17, 15) is 14.4 Å². The molecule has 6 heteroatoms. The van der Waals surface area contributed by atoms with Crippen molar-refractivity contribution in [1.82, 2.24) is 0 Å². The van der Waals surface area contributed by atoms with Crippen molar-refractivity contribution in [2.75, 3.05) is 13.2 Å². The van der Waals surface area contributed by atoms with Gasteiger partial charge >= 0.3 is 17.9 Å². The molecule has 0 aromatic carbocycles. The predicted octanol–water partition coefficient (Wildman–Crippen LogP) is 20.9. The third-order valence-electron chi connectivity index (χ3n) is 13.1. The van der Waals surface area contributed by atoms with Crippen LogP contribution in [0.5, 0.6) is 0 Å². The van der Waals surface area contributed by atoms with Crippen LogP contribution in [0.2, 0.25) is 0 Å². The zero-order valence-electron chi connectivity index (χ0n) is 47.9. The van der Waals surface area contributed by atoms with Crippen LogP contribution >= 0.6 is 0 Å². The molecule has 0 radical (unpaired) electrons. The molecule has 0 amide bonds. The molecule has 0 saturated heterocycles. The number of carbonyl (C=O) groups is 3. The van der Waals surface area contributed by atoms with Gasteiger partial charge in [-0.2, -0.15) is 0 Å². The molecule has 0 aliphatic carbocycles. The Balaban J connectivity index is 4.41. The molecule has 0 heterocycles. The summed E-state index contributed by atoms with van der Waals surface area (Å²) in [5, 5.41) is 0. The lowest BCUT2D eigenvalue weighted by Crippen LogP contribution is -2.30. The fraction of sp³-hybridized carbons (Fsp3) is 0.716. The van der Waals surface area contributed by atoms with Gasteiger partial charge in [0, 0.05) is 19.3 Å². The highest BCUT2D eigenvalue weighted by Crippen LogP contribution is 2.16. The molecule has 1 unspecified atom stereocenters. The van der Waals surface area contributed by atoms with Crippen LogP contribution in [0.3, 0.4) is 0 Å². The Bertz CT molecular complexity index is 1440. The van der Waals surface area contributed by atoms with Crippen molar-refractivity contribution >= 4 is 17.9 Å². The van der Waals surface area contributed by atoms with Gasteiger partial charge in [0.2, 0.25) is 0 Å². The quantitative estimate of drug-likeness (QED) is 0.0261. The van der Waals surface area contributed by atoms with Gasteiger partial charge in [-0.3, -0.25) is 14.4 Å². The summed E-state index contributed by atoms with van der Waals surface area (Å²) in [6, 6.07) is 0. The second kappa shape index (κ2) is 60.9. The second-order valence-electron chi connectivity index (χ2n) is 20.2. The predicted molar refractivity (Wildman–Crippen MR) is 316 cm³/mol. The Labute approximate surface area is 451 Å². The standard InChI is InChI=1S/C67H114O6/c1-4-7-10-13-16-19-22-25-28-30-32-33-35-36-39-42-45-48-51-54-57-60-66(69)72-63-64(62-71-65(68)59-56-53-50-47-44-41-38-27-24-21-18-15-12-9-6-3)73-67(70)61-58-55-52-49-46-43-40-37-34-31-29-26-23-20-17-14-11-8-5-2/h8-9,11-12,17-18,20-21,26-27,29,34,37-38,44,47,64H,4-7,10,13-16,19,22-25,28,30-33,35-36,39-43,45-46,48-63H2,1-3H3/b11-8-,12-9-,20-17-,21-18-,29-26-,37-34-,38-27-,47-44-. The zero-order valence-corrected chi connectivity index (χ0v) is 47.9. The van der Waals surface area contributed by atoms with E-state index in [-0.39, 0.29) is 31.1 Å². The normalized spacial score (nSPS) is 12.8. The van der Waals surface area contributed by atoms with Crippen LogP contribution in [0.1, 0.15) is 290 Å². The number of allylic oxidation sites excluding steroid dienone is 16. The van der Waals surface area contributed by atoms with E-state index in [4.69, 9.17) is 14.2 Å². The first-order valence-electron chi connectivity index (χ1n) is 30.7. The molecule has 0 aliphatic heterocycles. The summed E-state index contributed by atoms with van der Waals surface area (Å²) in [5.41, 5.74) is 0. The molecule has 0 rings (SSSR count). The van der Waals surface area contributed by atoms with Gasteiger partial charge < -0.3 is 14.2 Å². The molecule has 418 valence electrons. The van der Waals surface area contributed by atoms with Crippen molar-refractivity contribution in [2.24, 2.45) is 0 Å². The summed E-state index contributed by atoms with van der Waals surface area (Å²) in [4.78, 5) is 38.3. The van der Waals surface area contributed by atoms with Crippen molar-refractivity contribution in [3.63, 3.8) is 0 Å². The van der Waals surface area contributed by atoms with E-state index in [1.54, 1.807) is 0 Å². The maximum absolute atomic E-state index is 12.9. The van der Waals surface area contributed by atoms with Crippen LogP contribution in [-0.2, 0) is 28.6 Å². The van der Waals surface area contributed by atoms with E-state index in [1.165, 1.54) is 128 Å². The monoisotopic (exact) mass is 1010 g/mol. The van der Waals surface area contributed by atoms with Gasteiger partial charge in [-0.1, -0.05) is 272 Å². The van der Waals surface area contributed by atoms with Crippen LogP contribution in [0.15, 0.2) is 97.2 Å². The highest BCUT2D eigenvalue weighted by atomic mass is 16.6. The van der Waals surface area contributed by atoms with E-state index in [1.807, 2.05) is 0 Å². The third-order valence-corrected chi connectivity index (χ3v) is 13.1. The second-order valence-corrected chi connectivity index (χ2v) is 20.2. The van der Waals surface area contributed by atoms with E-state index >= 15 is 0 Å². The highest BCUT2D eigenvalue weighted by Gasteiger charge is 2.19. The zero-order chi connectivity index (χ0) is 52.9. The van der Waals surface area contributed by atoms with Gasteiger partial charge in [-0.15, -0.1) is 0 Å². The van der Waals surface area contributed by atoms with Crippen molar-refractivity contribution < 1.29 is 28.6 Å². The number of unbranched alkanes of at least 4 members (excludes halogenated alkanes) is 28. The Morgan fingerprint density at radius 2 is 0.534 bits per heavy atom. The lowest BCUT2D eigenvalue weighted by Gasteiger charge is -2.18. The molecule has 0 saturated carbocycles. The first-order chi connectivity index (χ1) is 36.0. The molecule has 0 spiro atoms. The number of rotatable bonds is 55. The van der Waals surface area contributed by atoms with Crippen molar-refractivity contribution in [3.05, 3.63) is 97.2 Å².